The van der Waals surface area contributed by atoms with Crippen molar-refractivity contribution in [2.24, 2.45) is 0 Å². The van der Waals surface area contributed by atoms with Crippen molar-refractivity contribution >= 4 is 5.97 Å². The minimum Gasteiger partial charge on any atom is -0.465 e. The molecule has 20 heavy (non-hydrogen) atoms. The molecule has 0 unspecified atom stereocenters. The first kappa shape index (κ1) is 12.8. The second-order valence-electron chi connectivity index (χ2n) is 4.72. The van der Waals surface area contributed by atoms with Gasteiger partial charge in [0.05, 0.1) is 18.6 Å². The molecule has 1 atom stereocenters. The minimum absolute atomic E-state index is 0.278. The molecule has 1 aliphatic heterocycles. The predicted octanol–water partition coefficient (Wildman–Crippen LogP) is 1.60. The molecule has 1 fully saturated rings. The number of nitrogens with one attached hydrogen (secondary N) is 1. The van der Waals surface area contributed by atoms with E-state index in [1.807, 2.05) is 6.07 Å². The number of carbonyl (C=O) groups is 1. The zero-order valence-electron chi connectivity index (χ0n) is 11.1. The molecule has 3 rings (SSSR count). The lowest BCUT2D eigenvalue weighted by Crippen LogP contribution is -2.08. The molecule has 6 nitrogen and oxygen atoms in total. The van der Waals surface area contributed by atoms with Crippen LogP contribution in [0.5, 0.6) is 0 Å². The highest BCUT2D eigenvalue weighted by Gasteiger charge is 2.23. The molecule has 2 heterocycles. The predicted molar refractivity (Wildman–Crippen MR) is 71.3 cm³/mol. The number of carbonyl (C=O) groups excluding carboxylic acids is 1. The maximum atomic E-state index is 11.5. The number of hydrogen-bond donors (Lipinski definition) is 1. The highest BCUT2D eigenvalue weighted by molar-refractivity contribution is 5.90. The largest absolute Gasteiger partial charge is 0.465 e. The van der Waals surface area contributed by atoms with Crippen LogP contribution in [0.25, 0.3) is 11.4 Å². The van der Waals surface area contributed by atoms with Crippen LogP contribution in [-0.4, -0.2) is 36.3 Å². The molecule has 0 radical (unpaired) electrons. The molecule has 6 heteroatoms. The monoisotopic (exact) mass is 273 g/mol. The highest BCUT2D eigenvalue weighted by atomic mass is 16.5. The number of benzene rings is 1. The lowest BCUT2D eigenvalue weighted by Gasteiger charge is -2.00. The normalized spacial score (nSPS) is 18.1. The van der Waals surface area contributed by atoms with Crippen molar-refractivity contribution in [3.8, 4) is 11.4 Å². The summed E-state index contributed by atoms with van der Waals surface area (Å²) in [5, 5.41) is 7.25. The van der Waals surface area contributed by atoms with Crippen molar-refractivity contribution in [1.82, 2.24) is 15.5 Å². The van der Waals surface area contributed by atoms with E-state index in [0.29, 0.717) is 17.3 Å². The van der Waals surface area contributed by atoms with Gasteiger partial charge in [-0.2, -0.15) is 4.98 Å². The van der Waals surface area contributed by atoms with Crippen molar-refractivity contribution in [2.45, 2.75) is 12.3 Å². The molecule has 0 saturated carbocycles. The molecule has 1 aromatic carbocycles. The summed E-state index contributed by atoms with van der Waals surface area (Å²) in [6.07, 6.45) is 1.00. The number of ether oxygens (including phenoxy) is 1. The zero-order chi connectivity index (χ0) is 13.9. The molecular formula is C14H15N3O3. The fourth-order valence-electron chi connectivity index (χ4n) is 2.29. The summed E-state index contributed by atoms with van der Waals surface area (Å²) in [4.78, 5) is 15.9. The molecule has 1 saturated heterocycles. The molecule has 1 aromatic heterocycles. The van der Waals surface area contributed by atoms with Crippen LogP contribution in [-0.2, 0) is 4.74 Å². The van der Waals surface area contributed by atoms with E-state index in [0.717, 1.165) is 25.1 Å². The van der Waals surface area contributed by atoms with Crippen molar-refractivity contribution in [1.29, 1.82) is 0 Å². The maximum absolute atomic E-state index is 11.5. The van der Waals surface area contributed by atoms with Gasteiger partial charge in [0.25, 0.3) is 0 Å². The van der Waals surface area contributed by atoms with Crippen LogP contribution in [0, 0.1) is 0 Å². The Kier molecular flexibility index (Phi) is 3.47. The van der Waals surface area contributed by atoms with E-state index in [2.05, 4.69) is 15.5 Å². The van der Waals surface area contributed by atoms with E-state index in [1.54, 1.807) is 18.2 Å². The van der Waals surface area contributed by atoms with Crippen molar-refractivity contribution in [3.63, 3.8) is 0 Å². The van der Waals surface area contributed by atoms with Crippen LogP contribution in [0.2, 0.25) is 0 Å². The van der Waals surface area contributed by atoms with Gasteiger partial charge in [0, 0.05) is 12.1 Å². The van der Waals surface area contributed by atoms with Gasteiger partial charge in [-0.15, -0.1) is 0 Å². The van der Waals surface area contributed by atoms with Crippen LogP contribution in [0.3, 0.4) is 0 Å². The summed E-state index contributed by atoms with van der Waals surface area (Å²) in [6, 6.07) is 7.01. The van der Waals surface area contributed by atoms with Gasteiger partial charge in [-0.05, 0) is 25.1 Å². The highest BCUT2D eigenvalue weighted by Crippen LogP contribution is 2.24. The van der Waals surface area contributed by atoms with Crippen LogP contribution in [0.15, 0.2) is 28.8 Å². The smallest absolute Gasteiger partial charge is 0.337 e. The molecule has 104 valence electrons. The van der Waals surface area contributed by atoms with E-state index in [9.17, 15) is 4.79 Å². The summed E-state index contributed by atoms with van der Waals surface area (Å²) >= 11 is 0. The Labute approximate surface area is 116 Å². The quantitative estimate of drug-likeness (QED) is 0.856. The number of hydrogen-bond acceptors (Lipinski definition) is 6. The molecule has 1 aliphatic rings. The first-order chi connectivity index (χ1) is 9.78. The minimum atomic E-state index is -0.379. The zero-order valence-corrected chi connectivity index (χ0v) is 11.1. The number of nitrogens with zero attached hydrogens (tertiary/aromatic N) is 2. The Bertz CT molecular complexity index is 618. The van der Waals surface area contributed by atoms with Crippen molar-refractivity contribution in [2.75, 3.05) is 20.2 Å². The van der Waals surface area contributed by atoms with Crippen LogP contribution >= 0.6 is 0 Å². The number of aromatic nitrogens is 2. The standard InChI is InChI=1S/C14H15N3O3/c1-19-14(18)10-4-2-3-9(7-10)12-16-13(20-17-12)11-5-6-15-8-11/h2-4,7,11,15H,5-6,8H2,1H3/t11-/m0/s1. The molecule has 2 aromatic rings. The summed E-state index contributed by atoms with van der Waals surface area (Å²) in [5.74, 6) is 1.04. The van der Waals surface area contributed by atoms with Gasteiger partial charge in [-0.3, -0.25) is 0 Å². The van der Waals surface area contributed by atoms with E-state index in [1.165, 1.54) is 7.11 Å². The third-order valence-corrected chi connectivity index (χ3v) is 3.39. The van der Waals surface area contributed by atoms with Gasteiger partial charge < -0.3 is 14.6 Å². The van der Waals surface area contributed by atoms with Gasteiger partial charge in [-0.25, -0.2) is 4.79 Å². The van der Waals surface area contributed by atoms with Gasteiger partial charge in [0.15, 0.2) is 0 Å². The van der Waals surface area contributed by atoms with Crippen LogP contribution < -0.4 is 5.32 Å². The van der Waals surface area contributed by atoms with Gasteiger partial charge >= 0.3 is 5.97 Å². The molecule has 0 aliphatic carbocycles. The number of rotatable bonds is 3. The molecule has 1 N–H and O–H groups in total. The molecule has 0 bridgehead atoms. The Morgan fingerprint density at radius 3 is 3.15 bits per heavy atom. The van der Waals surface area contributed by atoms with Crippen LogP contribution in [0.1, 0.15) is 28.6 Å². The third-order valence-electron chi connectivity index (χ3n) is 3.39. The third kappa shape index (κ3) is 2.42. The molecular weight excluding hydrogens is 258 g/mol. The first-order valence-corrected chi connectivity index (χ1v) is 6.51. The van der Waals surface area contributed by atoms with E-state index < -0.39 is 0 Å². The second-order valence-corrected chi connectivity index (χ2v) is 4.72. The Hall–Kier alpha value is -2.21. The van der Waals surface area contributed by atoms with Crippen molar-refractivity contribution < 1.29 is 14.1 Å². The Balaban J connectivity index is 1.87. The topological polar surface area (TPSA) is 77.2 Å². The van der Waals surface area contributed by atoms with E-state index in [4.69, 9.17) is 9.26 Å². The lowest BCUT2D eigenvalue weighted by molar-refractivity contribution is 0.0601. The summed E-state index contributed by atoms with van der Waals surface area (Å²) < 4.78 is 10.0. The number of esters is 1. The average molecular weight is 273 g/mol. The average Bonchev–Trinajstić information content (AvgIpc) is 3.17. The summed E-state index contributed by atoms with van der Waals surface area (Å²) in [5.41, 5.74) is 1.22. The Morgan fingerprint density at radius 1 is 1.50 bits per heavy atom. The van der Waals surface area contributed by atoms with Crippen LogP contribution in [0.4, 0.5) is 0 Å². The Morgan fingerprint density at radius 2 is 2.40 bits per heavy atom. The van der Waals surface area contributed by atoms with Gasteiger partial charge in [0.1, 0.15) is 0 Å². The maximum Gasteiger partial charge on any atom is 0.337 e. The fraction of sp³-hybridized carbons (Fsp3) is 0.357. The molecule has 0 spiro atoms. The summed E-state index contributed by atoms with van der Waals surface area (Å²) in [6.45, 7) is 1.84. The van der Waals surface area contributed by atoms with E-state index >= 15 is 0 Å². The number of methoxy groups -OCH3 is 1. The van der Waals surface area contributed by atoms with Crippen molar-refractivity contribution in [3.05, 3.63) is 35.7 Å². The SMILES string of the molecule is COC(=O)c1cccc(-c2noc([C@H]3CCNC3)n2)c1. The van der Waals surface area contributed by atoms with Gasteiger partial charge in [0.2, 0.25) is 11.7 Å². The van der Waals surface area contributed by atoms with Gasteiger partial charge in [-0.1, -0.05) is 17.3 Å². The van der Waals surface area contributed by atoms with E-state index in [-0.39, 0.29) is 11.9 Å². The second kappa shape index (κ2) is 5.42. The summed E-state index contributed by atoms with van der Waals surface area (Å²) in [7, 11) is 1.36. The first-order valence-electron chi connectivity index (χ1n) is 6.51. The molecule has 0 amide bonds. The fourth-order valence-corrected chi connectivity index (χ4v) is 2.29. The lowest BCUT2D eigenvalue weighted by atomic mass is 10.1.